The highest BCUT2D eigenvalue weighted by Gasteiger charge is 2.13. The van der Waals surface area contributed by atoms with Gasteiger partial charge in [0.05, 0.1) is 32.2 Å². The van der Waals surface area contributed by atoms with Gasteiger partial charge in [-0.2, -0.15) is 0 Å². The summed E-state index contributed by atoms with van der Waals surface area (Å²) in [5.74, 6) is -2.61. The van der Waals surface area contributed by atoms with Crippen LogP contribution in [0.1, 0.15) is 12.5 Å². The molecule has 7 N–H and O–H groups in total. The van der Waals surface area contributed by atoms with Crippen LogP contribution in [0.5, 0.6) is 0 Å². The van der Waals surface area contributed by atoms with Gasteiger partial charge in [0.15, 0.2) is 0 Å². The first kappa shape index (κ1) is 27.3. The first-order valence-electron chi connectivity index (χ1n) is 12.5. The molecule has 11 heteroatoms. The van der Waals surface area contributed by atoms with Crippen molar-refractivity contribution in [2.24, 2.45) is 5.73 Å². The van der Waals surface area contributed by atoms with Crippen molar-refractivity contribution < 1.29 is 24.0 Å². The third kappa shape index (κ3) is 6.76. The van der Waals surface area contributed by atoms with Crippen LogP contribution in [-0.4, -0.2) is 61.8 Å². The van der Waals surface area contributed by atoms with Gasteiger partial charge in [0.1, 0.15) is 0 Å². The molecule has 0 aliphatic rings. The van der Waals surface area contributed by atoms with Crippen molar-refractivity contribution >= 4 is 61.9 Å². The molecule has 0 saturated heterocycles. The lowest BCUT2D eigenvalue weighted by molar-refractivity contribution is -0.129. The van der Waals surface area contributed by atoms with E-state index in [1.165, 1.54) is 12.3 Å². The third-order valence-corrected chi connectivity index (χ3v) is 6.27. The van der Waals surface area contributed by atoms with Crippen LogP contribution in [0.25, 0.3) is 32.3 Å². The van der Waals surface area contributed by atoms with Crippen LogP contribution >= 0.6 is 0 Å². The highest BCUT2D eigenvalue weighted by atomic mass is 16.2. The van der Waals surface area contributed by atoms with Gasteiger partial charge in [-0.25, -0.2) is 0 Å². The molecule has 0 heterocycles. The van der Waals surface area contributed by atoms with Crippen LogP contribution < -0.4 is 32.3 Å². The number of hydrogen-bond acceptors (Lipinski definition) is 6. The number of rotatable bonds is 11. The van der Waals surface area contributed by atoms with Crippen molar-refractivity contribution in [1.29, 1.82) is 0 Å². The Morgan fingerprint density at radius 2 is 1.08 bits per heavy atom. The quantitative estimate of drug-likeness (QED) is 0.149. The average molecular weight is 531 g/mol. The molecule has 0 spiro atoms. The van der Waals surface area contributed by atoms with Crippen molar-refractivity contribution in [3.63, 3.8) is 0 Å². The predicted molar refractivity (Wildman–Crippen MR) is 148 cm³/mol. The van der Waals surface area contributed by atoms with Crippen molar-refractivity contribution in [3.05, 3.63) is 60.2 Å². The van der Waals surface area contributed by atoms with Gasteiger partial charge in [0, 0.05) is 6.54 Å². The largest absolute Gasteiger partial charge is 0.350 e. The zero-order valence-corrected chi connectivity index (χ0v) is 21.4. The molecular weight excluding hydrogens is 500 g/mol. The fourth-order valence-electron chi connectivity index (χ4n) is 4.26. The molecule has 0 fully saturated rings. The van der Waals surface area contributed by atoms with Crippen LogP contribution in [0.2, 0.25) is 0 Å². The topological polar surface area (TPSA) is 172 Å². The van der Waals surface area contributed by atoms with E-state index in [0.29, 0.717) is 6.54 Å². The predicted octanol–water partition coefficient (Wildman–Crippen LogP) is 0.0122. The van der Waals surface area contributed by atoms with Gasteiger partial charge < -0.3 is 32.3 Å². The second-order valence-electron chi connectivity index (χ2n) is 9.19. The van der Waals surface area contributed by atoms with Gasteiger partial charge in [-0.05, 0) is 44.8 Å². The first-order chi connectivity index (χ1) is 18.7. The van der Waals surface area contributed by atoms with E-state index >= 15 is 0 Å². The second kappa shape index (κ2) is 12.2. The third-order valence-electron chi connectivity index (χ3n) is 6.27. The molecule has 1 atom stereocenters. The zero-order valence-electron chi connectivity index (χ0n) is 21.4. The van der Waals surface area contributed by atoms with Gasteiger partial charge in [0.2, 0.25) is 29.5 Å². The SMILES string of the molecule is C[C@H](N)C(=O)NCC(=O)NCC(=O)NCC(=O)NCC(=O)NCc1ccc2ccc3cccc4ccc1c2c34. The molecule has 5 amide bonds. The Morgan fingerprint density at radius 1 is 0.615 bits per heavy atom. The summed E-state index contributed by atoms with van der Waals surface area (Å²) < 4.78 is 0. The summed E-state index contributed by atoms with van der Waals surface area (Å²) in [4.78, 5) is 59.2. The Bertz CT molecular complexity index is 1530. The van der Waals surface area contributed by atoms with Gasteiger partial charge >= 0.3 is 0 Å². The number of carbonyl (C=O) groups is 5. The Kier molecular flexibility index (Phi) is 8.52. The van der Waals surface area contributed by atoms with Crippen molar-refractivity contribution in [2.75, 3.05) is 26.2 Å². The van der Waals surface area contributed by atoms with Crippen LogP contribution in [0.15, 0.2) is 54.6 Å². The number of nitrogens with two attached hydrogens (primary N) is 1. The Hall–Kier alpha value is -4.77. The number of benzene rings is 4. The molecule has 0 unspecified atom stereocenters. The minimum absolute atomic E-state index is 0.253. The molecule has 0 aliphatic carbocycles. The zero-order chi connectivity index (χ0) is 27.9. The maximum atomic E-state index is 12.4. The van der Waals surface area contributed by atoms with Crippen LogP contribution in [0, 0.1) is 0 Å². The van der Waals surface area contributed by atoms with E-state index in [4.69, 9.17) is 5.73 Å². The lowest BCUT2D eigenvalue weighted by atomic mass is 9.92. The van der Waals surface area contributed by atoms with Crippen molar-refractivity contribution in [1.82, 2.24) is 26.6 Å². The summed E-state index contributed by atoms with van der Waals surface area (Å²) in [6.45, 7) is 0.458. The summed E-state index contributed by atoms with van der Waals surface area (Å²) in [7, 11) is 0. The highest BCUT2D eigenvalue weighted by Crippen LogP contribution is 2.35. The van der Waals surface area contributed by atoms with Crippen LogP contribution in [0.3, 0.4) is 0 Å². The van der Waals surface area contributed by atoms with E-state index < -0.39 is 29.7 Å². The Balaban J connectivity index is 1.20. The lowest BCUT2D eigenvalue weighted by Gasteiger charge is -2.14. The van der Waals surface area contributed by atoms with Crippen LogP contribution in [-0.2, 0) is 30.5 Å². The monoisotopic (exact) mass is 530 g/mol. The summed E-state index contributed by atoms with van der Waals surface area (Å²) in [6, 6.07) is 17.8. The minimum atomic E-state index is -0.755. The normalized spacial score (nSPS) is 11.7. The Morgan fingerprint density at radius 3 is 1.64 bits per heavy atom. The Labute approximate surface area is 224 Å². The van der Waals surface area contributed by atoms with Gasteiger partial charge in [-0.15, -0.1) is 0 Å². The molecule has 0 saturated carbocycles. The molecule has 0 radical (unpaired) electrons. The van der Waals surface area contributed by atoms with Gasteiger partial charge in [-0.3, -0.25) is 24.0 Å². The number of amides is 5. The highest BCUT2D eigenvalue weighted by molar-refractivity contribution is 6.23. The molecule has 202 valence electrons. The fraction of sp³-hybridized carbons (Fsp3) is 0.250. The van der Waals surface area contributed by atoms with E-state index in [1.807, 2.05) is 18.2 Å². The number of carbonyl (C=O) groups excluding carboxylic acids is 5. The fourth-order valence-corrected chi connectivity index (χ4v) is 4.26. The summed E-state index contributed by atoms with van der Waals surface area (Å²) >= 11 is 0. The number of nitrogens with one attached hydrogen (secondary N) is 5. The van der Waals surface area contributed by atoms with E-state index in [-0.39, 0.29) is 32.1 Å². The standard InChI is InChI=1S/C28H30N6O5/c1-16(29)28(39)34-15-25(38)33-14-24(37)32-13-23(36)31-12-22(35)30-11-20-8-7-19-6-5-17-3-2-4-18-9-10-21(20)27(19)26(17)18/h2-10,16H,11-15,29H2,1H3,(H,30,35)(H,31,36)(H,32,37)(H,33,38)(H,34,39)/t16-/m0/s1. The molecule has 0 bridgehead atoms. The van der Waals surface area contributed by atoms with Crippen LogP contribution in [0.4, 0.5) is 0 Å². The molecule has 0 aromatic heterocycles. The maximum Gasteiger partial charge on any atom is 0.239 e. The van der Waals surface area contributed by atoms with E-state index in [0.717, 1.165) is 32.5 Å². The lowest BCUT2D eigenvalue weighted by Crippen LogP contribution is -2.47. The molecular formula is C28H30N6O5. The van der Waals surface area contributed by atoms with E-state index in [2.05, 4.69) is 63.0 Å². The molecule has 0 aliphatic heterocycles. The molecule has 11 nitrogen and oxygen atoms in total. The molecule has 39 heavy (non-hydrogen) atoms. The van der Waals surface area contributed by atoms with Crippen molar-refractivity contribution in [3.8, 4) is 0 Å². The smallest absolute Gasteiger partial charge is 0.239 e. The minimum Gasteiger partial charge on any atom is -0.350 e. The summed E-state index contributed by atoms with van der Waals surface area (Å²) in [5, 5.41) is 19.1. The molecule has 4 aromatic carbocycles. The molecule has 4 aromatic rings. The van der Waals surface area contributed by atoms with E-state index in [9.17, 15) is 24.0 Å². The summed E-state index contributed by atoms with van der Waals surface area (Å²) in [6.07, 6.45) is 0. The van der Waals surface area contributed by atoms with E-state index in [1.54, 1.807) is 0 Å². The second-order valence-corrected chi connectivity index (χ2v) is 9.19. The molecule has 4 rings (SSSR count). The average Bonchev–Trinajstić information content (AvgIpc) is 2.94. The summed E-state index contributed by atoms with van der Waals surface area (Å²) in [5.41, 5.74) is 6.34. The van der Waals surface area contributed by atoms with Crippen molar-refractivity contribution in [2.45, 2.75) is 19.5 Å². The first-order valence-corrected chi connectivity index (χ1v) is 12.5. The maximum absolute atomic E-state index is 12.4. The number of hydrogen-bond donors (Lipinski definition) is 6. The van der Waals surface area contributed by atoms with Gasteiger partial charge in [0.25, 0.3) is 0 Å². The van der Waals surface area contributed by atoms with Gasteiger partial charge in [-0.1, -0.05) is 54.6 Å².